The van der Waals surface area contributed by atoms with Crippen LogP contribution < -0.4 is 10.6 Å². The van der Waals surface area contributed by atoms with Gasteiger partial charge in [0.2, 0.25) is 0 Å². The summed E-state index contributed by atoms with van der Waals surface area (Å²) in [6.45, 7) is 3.29. The molecule has 7 nitrogen and oxygen atoms in total. The first kappa shape index (κ1) is 23.3. The van der Waals surface area contributed by atoms with Crippen molar-refractivity contribution in [3.63, 3.8) is 0 Å². The second kappa shape index (κ2) is 10.7. The van der Waals surface area contributed by atoms with Crippen molar-refractivity contribution >= 4 is 46.9 Å². The van der Waals surface area contributed by atoms with Crippen LogP contribution in [0.4, 0.5) is 13.2 Å². The number of nitrogens with zero attached hydrogens (tertiary/aromatic N) is 5. The highest BCUT2D eigenvalue weighted by molar-refractivity contribution is 14.0. The highest BCUT2D eigenvalue weighted by Crippen LogP contribution is 2.30. The van der Waals surface area contributed by atoms with Crippen LogP contribution in [0.25, 0.3) is 5.65 Å². The highest BCUT2D eigenvalue weighted by Gasteiger charge is 2.33. The smallest absolute Gasteiger partial charge is 0.357 e. The van der Waals surface area contributed by atoms with Gasteiger partial charge in [-0.1, -0.05) is 6.07 Å². The molecule has 12 heteroatoms. The fourth-order valence-corrected chi connectivity index (χ4v) is 3.24. The van der Waals surface area contributed by atoms with Gasteiger partial charge in [-0.05, 0) is 25.5 Å². The number of rotatable bonds is 7. The maximum absolute atomic E-state index is 12.6. The lowest BCUT2D eigenvalue weighted by molar-refractivity contribution is -0.140. The Balaban J connectivity index is 0.00000300. The summed E-state index contributed by atoms with van der Waals surface area (Å²) in [5, 5.41) is 15.9. The van der Waals surface area contributed by atoms with Crippen LogP contribution in [0.1, 0.15) is 29.9 Å². The lowest BCUT2D eigenvalue weighted by Gasteiger charge is -2.10. The van der Waals surface area contributed by atoms with Gasteiger partial charge in [-0.25, -0.2) is 9.98 Å². The average Bonchev–Trinajstić information content (AvgIpc) is 3.30. The second-order valence-electron chi connectivity index (χ2n) is 5.89. The van der Waals surface area contributed by atoms with Crippen LogP contribution in [-0.4, -0.2) is 38.6 Å². The van der Waals surface area contributed by atoms with Gasteiger partial charge in [0.05, 0.1) is 6.54 Å². The molecule has 0 aliphatic rings. The Morgan fingerprint density at radius 2 is 2.07 bits per heavy atom. The number of fused-ring (bicyclic) bond motifs is 1. The Bertz CT molecular complexity index is 938. The van der Waals surface area contributed by atoms with E-state index in [1.54, 1.807) is 0 Å². The summed E-state index contributed by atoms with van der Waals surface area (Å²) in [5.74, 6) is 1.42. The molecular weight excluding hydrogens is 518 g/mol. The van der Waals surface area contributed by atoms with E-state index in [1.807, 2.05) is 35.7 Å². The Morgan fingerprint density at radius 3 is 2.79 bits per heavy atom. The predicted molar refractivity (Wildman–Crippen MR) is 117 cm³/mol. The van der Waals surface area contributed by atoms with Gasteiger partial charge in [0.25, 0.3) is 0 Å². The zero-order valence-electron chi connectivity index (χ0n) is 15.6. The molecule has 158 valence electrons. The van der Waals surface area contributed by atoms with E-state index in [-0.39, 0.29) is 30.5 Å². The minimum absolute atomic E-state index is 0. The first-order chi connectivity index (χ1) is 13.5. The van der Waals surface area contributed by atoms with Crippen LogP contribution in [0.5, 0.6) is 0 Å². The molecule has 0 amide bonds. The Kier molecular flexibility index (Phi) is 8.61. The van der Waals surface area contributed by atoms with Crippen molar-refractivity contribution in [2.75, 3.05) is 13.1 Å². The number of aryl methyl sites for hydroxylation is 1. The topological polar surface area (TPSA) is 79.5 Å². The monoisotopic (exact) mass is 539 g/mol. The van der Waals surface area contributed by atoms with Gasteiger partial charge in [-0.15, -0.1) is 45.5 Å². The Labute approximate surface area is 186 Å². The van der Waals surface area contributed by atoms with E-state index in [1.165, 1.54) is 0 Å². The molecule has 0 atom stereocenters. The molecule has 3 rings (SSSR count). The van der Waals surface area contributed by atoms with Gasteiger partial charge >= 0.3 is 6.18 Å². The molecule has 2 N–H and O–H groups in total. The van der Waals surface area contributed by atoms with Crippen molar-refractivity contribution in [2.24, 2.45) is 4.99 Å². The Hall–Kier alpha value is -1.96. The molecule has 0 fully saturated rings. The number of pyridine rings is 1. The third-order valence-electron chi connectivity index (χ3n) is 3.81. The summed E-state index contributed by atoms with van der Waals surface area (Å²) in [7, 11) is 0. The van der Waals surface area contributed by atoms with E-state index in [0.29, 0.717) is 24.1 Å². The van der Waals surface area contributed by atoms with E-state index in [2.05, 4.69) is 30.8 Å². The number of halogens is 4. The minimum Gasteiger partial charge on any atom is -0.357 e. The zero-order chi connectivity index (χ0) is 20.0. The molecule has 0 aliphatic carbocycles. The summed E-state index contributed by atoms with van der Waals surface area (Å²) < 4.78 is 39.8. The number of thiazole rings is 1. The number of aliphatic imine (C=N–C) groups is 1. The molecule has 0 aliphatic heterocycles. The van der Waals surface area contributed by atoms with Gasteiger partial charge in [-0.2, -0.15) is 13.2 Å². The summed E-state index contributed by atoms with van der Waals surface area (Å²) >= 11 is 0.952. The van der Waals surface area contributed by atoms with E-state index >= 15 is 0 Å². The number of aromatic nitrogens is 4. The third kappa shape index (κ3) is 6.52. The van der Waals surface area contributed by atoms with Crippen LogP contribution in [0, 0.1) is 0 Å². The minimum atomic E-state index is -4.42. The summed E-state index contributed by atoms with van der Waals surface area (Å²) in [4.78, 5) is 7.89. The molecule has 3 heterocycles. The lowest BCUT2D eigenvalue weighted by atomic mass is 10.3. The fourth-order valence-electron chi connectivity index (χ4n) is 2.52. The molecule has 29 heavy (non-hydrogen) atoms. The van der Waals surface area contributed by atoms with Crippen molar-refractivity contribution in [1.29, 1.82) is 0 Å². The van der Waals surface area contributed by atoms with Gasteiger partial charge in [0.15, 0.2) is 17.3 Å². The fraction of sp³-hybridized carbons (Fsp3) is 0.412. The summed E-state index contributed by atoms with van der Waals surface area (Å²) in [6, 6.07) is 5.74. The first-order valence-electron chi connectivity index (χ1n) is 8.80. The highest BCUT2D eigenvalue weighted by atomic mass is 127. The summed E-state index contributed by atoms with van der Waals surface area (Å²) in [5.41, 5.74) is -0.0665. The number of hydrogen-bond acceptors (Lipinski definition) is 5. The maximum Gasteiger partial charge on any atom is 0.434 e. The van der Waals surface area contributed by atoms with Gasteiger partial charge in [-0.3, -0.25) is 4.40 Å². The van der Waals surface area contributed by atoms with Crippen molar-refractivity contribution in [1.82, 2.24) is 30.2 Å². The van der Waals surface area contributed by atoms with Crippen molar-refractivity contribution in [3.05, 3.63) is 46.3 Å². The van der Waals surface area contributed by atoms with E-state index in [9.17, 15) is 13.2 Å². The summed E-state index contributed by atoms with van der Waals surface area (Å²) in [6.07, 6.45) is -0.964. The zero-order valence-corrected chi connectivity index (χ0v) is 18.8. The van der Waals surface area contributed by atoms with E-state index < -0.39 is 11.9 Å². The van der Waals surface area contributed by atoms with Gasteiger partial charge < -0.3 is 10.6 Å². The normalized spacial score (nSPS) is 12.1. The molecule has 3 aromatic rings. The molecule has 0 saturated carbocycles. The van der Waals surface area contributed by atoms with Crippen LogP contribution in [0.2, 0.25) is 0 Å². The van der Waals surface area contributed by atoms with Crippen LogP contribution in [-0.2, 0) is 19.1 Å². The first-order valence-corrected chi connectivity index (χ1v) is 9.67. The SMILES string of the molecule is CCNC(=NCc1nc(C(F)(F)F)cs1)NCCCc1nnc2ccccn12.I. The molecule has 0 radical (unpaired) electrons. The molecule has 0 bridgehead atoms. The molecule has 3 aromatic heterocycles. The standard InChI is InChI=1S/C17H20F3N7S.HI/c1-2-21-16(23-10-15-24-12(11-28-15)17(18,19)20)22-8-5-7-14-26-25-13-6-3-4-9-27(13)14;/h3-4,6,9,11H,2,5,7-8,10H2,1H3,(H2,21,22,23);1H. The number of alkyl halides is 3. The van der Waals surface area contributed by atoms with Crippen molar-refractivity contribution < 1.29 is 13.2 Å². The number of nitrogens with one attached hydrogen (secondary N) is 2. The molecule has 0 spiro atoms. The maximum atomic E-state index is 12.6. The molecule has 0 aromatic carbocycles. The second-order valence-corrected chi connectivity index (χ2v) is 6.84. The predicted octanol–water partition coefficient (Wildman–Crippen LogP) is 3.51. The number of guanidine groups is 1. The van der Waals surface area contributed by atoms with Gasteiger partial charge in [0, 0.05) is 31.1 Å². The van der Waals surface area contributed by atoms with Crippen LogP contribution in [0.3, 0.4) is 0 Å². The quantitative estimate of drug-likeness (QED) is 0.208. The Morgan fingerprint density at radius 1 is 1.24 bits per heavy atom. The van der Waals surface area contributed by atoms with Crippen LogP contribution >= 0.6 is 35.3 Å². The molecular formula is C17H21F3IN7S. The van der Waals surface area contributed by atoms with E-state index in [4.69, 9.17) is 0 Å². The van der Waals surface area contributed by atoms with Crippen molar-refractivity contribution in [2.45, 2.75) is 32.5 Å². The molecule has 0 saturated heterocycles. The lowest BCUT2D eigenvalue weighted by Crippen LogP contribution is -2.37. The average molecular weight is 539 g/mol. The van der Waals surface area contributed by atoms with E-state index in [0.717, 1.165) is 41.0 Å². The third-order valence-corrected chi connectivity index (χ3v) is 4.65. The molecule has 0 unspecified atom stereocenters. The largest absolute Gasteiger partial charge is 0.434 e. The van der Waals surface area contributed by atoms with Crippen LogP contribution in [0.15, 0.2) is 34.8 Å². The van der Waals surface area contributed by atoms with Crippen molar-refractivity contribution in [3.8, 4) is 0 Å². The number of hydrogen-bond donors (Lipinski definition) is 2. The van der Waals surface area contributed by atoms with Gasteiger partial charge in [0.1, 0.15) is 10.8 Å².